The van der Waals surface area contributed by atoms with E-state index < -0.39 is 12.1 Å². The van der Waals surface area contributed by atoms with Gasteiger partial charge in [0.1, 0.15) is 12.4 Å². The van der Waals surface area contributed by atoms with Crippen molar-refractivity contribution in [1.29, 1.82) is 0 Å². The van der Waals surface area contributed by atoms with Crippen LogP contribution in [-0.4, -0.2) is 12.1 Å². The fourth-order valence-electron chi connectivity index (χ4n) is 2.23. The van der Waals surface area contributed by atoms with Crippen LogP contribution in [0.4, 0.5) is 18.9 Å². The van der Waals surface area contributed by atoms with Crippen LogP contribution in [0.1, 0.15) is 5.56 Å². The van der Waals surface area contributed by atoms with Crippen molar-refractivity contribution in [2.24, 2.45) is 0 Å². The lowest BCUT2D eigenvalue weighted by atomic mass is 9.96. The first-order chi connectivity index (χ1) is 9.95. The molecule has 0 saturated carbocycles. The molecule has 0 radical (unpaired) electrons. The van der Waals surface area contributed by atoms with Gasteiger partial charge in [0.05, 0.1) is 0 Å². The van der Waals surface area contributed by atoms with Crippen LogP contribution in [0, 0.1) is 0 Å². The Labute approximate surface area is 118 Å². The van der Waals surface area contributed by atoms with Crippen molar-refractivity contribution in [1.82, 2.24) is 0 Å². The number of carbonyl (C=O) groups excluding carboxylic acids is 1. The van der Waals surface area contributed by atoms with Crippen LogP contribution >= 0.6 is 0 Å². The Morgan fingerprint density at radius 3 is 2.62 bits per heavy atom. The lowest BCUT2D eigenvalue weighted by Crippen LogP contribution is -2.30. The third kappa shape index (κ3) is 2.56. The van der Waals surface area contributed by atoms with Crippen molar-refractivity contribution < 1.29 is 22.7 Å². The van der Waals surface area contributed by atoms with E-state index in [0.29, 0.717) is 0 Å². The largest absolute Gasteiger partial charge is 0.488 e. The van der Waals surface area contributed by atoms with Gasteiger partial charge in [-0.3, -0.25) is 4.79 Å². The number of hydrogen-bond donors (Lipinski definition) is 1. The maximum Gasteiger partial charge on any atom is 0.471 e. The summed E-state index contributed by atoms with van der Waals surface area (Å²) in [7, 11) is 0. The summed E-state index contributed by atoms with van der Waals surface area (Å²) in [6, 6.07) is 12.0. The van der Waals surface area contributed by atoms with Crippen LogP contribution < -0.4 is 10.1 Å². The fraction of sp³-hybridized carbons (Fsp3) is 0.133. The van der Waals surface area contributed by atoms with E-state index in [9.17, 15) is 18.0 Å². The van der Waals surface area contributed by atoms with Gasteiger partial charge in [0, 0.05) is 11.3 Å². The molecule has 1 aliphatic rings. The lowest BCUT2D eigenvalue weighted by Gasteiger charge is -2.21. The van der Waals surface area contributed by atoms with Gasteiger partial charge in [-0.2, -0.15) is 13.2 Å². The second-order valence-electron chi connectivity index (χ2n) is 4.61. The number of anilines is 1. The first-order valence-electron chi connectivity index (χ1n) is 6.18. The van der Waals surface area contributed by atoms with Crippen LogP contribution in [0.5, 0.6) is 5.75 Å². The fourth-order valence-corrected chi connectivity index (χ4v) is 2.23. The van der Waals surface area contributed by atoms with Crippen molar-refractivity contribution in [3.63, 3.8) is 0 Å². The molecule has 0 bridgehead atoms. The van der Waals surface area contributed by atoms with E-state index in [-0.39, 0.29) is 12.3 Å². The Bertz CT molecular complexity index is 710. The van der Waals surface area contributed by atoms with Gasteiger partial charge in [-0.05, 0) is 29.3 Å². The van der Waals surface area contributed by atoms with Crippen LogP contribution in [-0.2, 0) is 11.4 Å². The van der Waals surface area contributed by atoms with Gasteiger partial charge in [-0.15, -0.1) is 0 Å². The summed E-state index contributed by atoms with van der Waals surface area (Å²) in [4.78, 5) is 10.9. The molecule has 3 rings (SSSR count). The summed E-state index contributed by atoms with van der Waals surface area (Å²) in [6.07, 6.45) is -4.90. The number of rotatable bonds is 1. The number of nitrogens with one attached hydrogen (secondary N) is 1. The number of carbonyl (C=O) groups is 1. The lowest BCUT2D eigenvalue weighted by molar-refractivity contribution is -0.167. The molecular weight excluding hydrogens is 283 g/mol. The number of alkyl halides is 3. The Morgan fingerprint density at radius 1 is 1.10 bits per heavy atom. The summed E-state index contributed by atoms with van der Waals surface area (Å²) in [5, 5.41) is 1.84. The minimum atomic E-state index is -4.90. The van der Waals surface area contributed by atoms with Gasteiger partial charge in [0.25, 0.3) is 0 Å². The van der Waals surface area contributed by atoms with Gasteiger partial charge in [-0.1, -0.05) is 24.3 Å². The molecule has 2 aromatic rings. The third-order valence-corrected chi connectivity index (χ3v) is 3.18. The minimum absolute atomic E-state index is 0.0963. The van der Waals surface area contributed by atoms with Crippen molar-refractivity contribution in [3.05, 3.63) is 48.0 Å². The van der Waals surface area contributed by atoms with Gasteiger partial charge < -0.3 is 10.1 Å². The highest BCUT2D eigenvalue weighted by Gasteiger charge is 2.38. The molecule has 0 aromatic heterocycles. The van der Waals surface area contributed by atoms with Crippen molar-refractivity contribution in [2.75, 3.05) is 5.32 Å². The van der Waals surface area contributed by atoms with Crippen LogP contribution in [0.3, 0.4) is 0 Å². The first kappa shape index (κ1) is 13.5. The second kappa shape index (κ2) is 4.80. The molecule has 1 amide bonds. The predicted octanol–water partition coefficient (Wildman–Crippen LogP) is 3.75. The molecule has 1 N–H and O–H groups in total. The number of hydrogen-bond acceptors (Lipinski definition) is 2. The minimum Gasteiger partial charge on any atom is -0.488 e. The average Bonchev–Trinajstić information content (AvgIpc) is 2.46. The number of fused-ring (bicyclic) bond motifs is 3. The number of para-hydroxylation sites is 1. The topological polar surface area (TPSA) is 38.3 Å². The van der Waals surface area contributed by atoms with Crippen molar-refractivity contribution in [3.8, 4) is 16.9 Å². The molecule has 6 heteroatoms. The highest BCUT2D eigenvalue weighted by Crippen LogP contribution is 2.38. The van der Waals surface area contributed by atoms with E-state index in [0.717, 1.165) is 22.4 Å². The van der Waals surface area contributed by atoms with Crippen LogP contribution in [0.2, 0.25) is 0 Å². The summed E-state index contributed by atoms with van der Waals surface area (Å²) in [6.45, 7) is 0.252. The number of amides is 1. The molecular formula is C15H10F3NO2. The van der Waals surface area contributed by atoms with E-state index in [4.69, 9.17) is 4.74 Å². The zero-order valence-corrected chi connectivity index (χ0v) is 10.7. The molecule has 0 atom stereocenters. The average molecular weight is 293 g/mol. The molecule has 1 aliphatic heterocycles. The van der Waals surface area contributed by atoms with Crippen LogP contribution in [0.25, 0.3) is 11.1 Å². The van der Waals surface area contributed by atoms with Gasteiger partial charge >= 0.3 is 12.1 Å². The maximum absolute atomic E-state index is 12.2. The summed E-state index contributed by atoms with van der Waals surface area (Å²) in [5.41, 5.74) is 2.60. The Morgan fingerprint density at radius 2 is 1.86 bits per heavy atom. The molecule has 21 heavy (non-hydrogen) atoms. The van der Waals surface area contributed by atoms with E-state index >= 15 is 0 Å². The maximum atomic E-state index is 12.2. The van der Waals surface area contributed by atoms with Crippen molar-refractivity contribution >= 4 is 11.6 Å². The third-order valence-electron chi connectivity index (χ3n) is 3.18. The number of halogens is 3. The monoisotopic (exact) mass is 293 g/mol. The second-order valence-corrected chi connectivity index (χ2v) is 4.61. The molecule has 0 spiro atoms. The van der Waals surface area contributed by atoms with Gasteiger partial charge in [0.15, 0.2) is 0 Å². The molecule has 2 aromatic carbocycles. The molecule has 0 fully saturated rings. The SMILES string of the molecule is O=C(Nc1ccc2c(c1)COc1ccccc1-2)C(F)(F)F. The zero-order chi connectivity index (χ0) is 15.0. The molecule has 0 aliphatic carbocycles. The smallest absolute Gasteiger partial charge is 0.471 e. The predicted molar refractivity (Wildman–Crippen MR) is 70.9 cm³/mol. The van der Waals surface area contributed by atoms with E-state index in [1.54, 1.807) is 6.07 Å². The molecule has 0 saturated heterocycles. The number of ether oxygens (including phenoxy) is 1. The molecule has 1 heterocycles. The van der Waals surface area contributed by atoms with Crippen molar-refractivity contribution in [2.45, 2.75) is 12.8 Å². The normalized spacial score (nSPS) is 12.9. The quantitative estimate of drug-likeness (QED) is 0.869. The Balaban J connectivity index is 1.92. The molecule has 0 unspecified atom stereocenters. The van der Waals surface area contributed by atoms with E-state index in [1.807, 2.05) is 29.6 Å². The van der Waals surface area contributed by atoms with Gasteiger partial charge in [0.2, 0.25) is 0 Å². The molecule has 3 nitrogen and oxygen atoms in total. The summed E-state index contributed by atoms with van der Waals surface area (Å²) >= 11 is 0. The van der Waals surface area contributed by atoms with Gasteiger partial charge in [-0.25, -0.2) is 0 Å². The zero-order valence-electron chi connectivity index (χ0n) is 10.7. The van der Waals surface area contributed by atoms with Crippen LogP contribution in [0.15, 0.2) is 42.5 Å². The van der Waals surface area contributed by atoms with E-state index in [1.165, 1.54) is 12.1 Å². The Kier molecular flexibility index (Phi) is 3.08. The highest BCUT2D eigenvalue weighted by molar-refractivity contribution is 5.95. The summed E-state index contributed by atoms with van der Waals surface area (Å²) < 4.78 is 42.2. The number of benzene rings is 2. The first-order valence-corrected chi connectivity index (χ1v) is 6.18. The Hall–Kier alpha value is -2.50. The summed E-state index contributed by atoms with van der Waals surface area (Å²) in [5.74, 6) is -1.25. The van der Waals surface area contributed by atoms with E-state index in [2.05, 4.69) is 0 Å². The standard InChI is InChI=1S/C15H10F3NO2/c16-15(17,18)14(20)19-10-5-6-11-9(7-10)8-21-13-4-2-1-3-12(11)13/h1-7H,8H2,(H,19,20). The highest BCUT2D eigenvalue weighted by atomic mass is 19.4. The molecule has 108 valence electrons.